The molecule has 2 aromatic rings. The Morgan fingerprint density at radius 3 is 3.05 bits per heavy atom. The van der Waals surface area contributed by atoms with E-state index < -0.39 is 6.29 Å². The number of hydrogen-bond donors (Lipinski definition) is 0. The van der Waals surface area contributed by atoms with Crippen molar-refractivity contribution < 1.29 is 18.7 Å². The van der Waals surface area contributed by atoms with Gasteiger partial charge in [-0.2, -0.15) is 0 Å². The molecule has 2 aliphatic heterocycles. The molecule has 0 spiro atoms. The molecule has 6 heteroatoms. The highest BCUT2D eigenvalue weighted by atomic mass is 32.1. The average Bonchev–Trinajstić information content (AvgIpc) is 2.96. The van der Waals surface area contributed by atoms with E-state index >= 15 is 0 Å². The summed E-state index contributed by atoms with van der Waals surface area (Å²) in [5.41, 5.74) is 1.61. The van der Waals surface area contributed by atoms with Crippen molar-refractivity contribution in [2.45, 2.75) is 24.9 Å². The molecular formula is C13H11NO4S. The number of carbonyl (C=O) groups excluding carboxylic acids is 1. The molecule has 2 aliphatic rings. The molecular weight excluding hydrogens is 266 g/mol. The van der Waals surface area contributed by atoms with Gasteiger partial charge in [0.1, 0.15) is 6.10 Å². The molecule has 0 unspecified atom stereocenters. The Kier molecular flexibility index (Phi) is 2.38. The van der Waals surface area contributed by atoms with Gasteiger partial charge in [0.15, 0.2) is 11.4 Å². The van der Waals surface area contributed by atoms with Crippen LogP contribution in [-0.4, -0.2) is 29.4 Å². The molecule has 0 amide bonds. The second kappa shape index (κ2) is 4.00. The van der Waals surface area contributed by atoms with Gasteiger partial charge in [-0.05, 0) is 24.4 Å². The predicted octanol–water partition coefficient (Wildman–Crippen LogP) is 2.22. The van der Waals surface area contributed by atoms with Crippen LogP contribution in [0.3, 0.4) is 0 Å². The molecule has 4 rings (SSSR count). The molecule has 1 aromatic heterocycles. The quantitative estimate of drug-likeness (QED) is 0.748. The lowest BCUT2D eigenvalue weighted by molar-refractivity contribution is -0.156. The zero-order chi connectivity index (χ0) is 13.0. The lowest BCUT2D eigenvalue weighted by Crippen LogP contribution is -2.36. The van der Waals surface area contributed by atoms with Gasteiger partial charge < -0.3 is 13.9 Å². The van der Waals surface area contributed by atoms with Crippen LogP contribution in [-0.2, 0) is 14.3 Å². The van der Waals surface area contributed by atoms with Crippen molar-refractivity contribution in [3.63, 3.8) is 0 Å². The van der Waals surface area contributed by atoms with Gasteiger partial charge in [-0.3, -0.25) is 9.36 Å². The van der Waals surface area contributed by atoms with Crippen LogP contribution in [0.25, 0.3) is 11.1 Å². The zero-order valence-electron chi connectivity index (χ0n) is 9.94. The van der Waals surface area contributed by atoms with Crippen molar-refractivity contribution in [2.24, 2.45) is 0 Å². The summed E-state index contributed by atoms with van der Waals surface area (Å²) in [5.74, 6) is -0.0362. The highest BCUT2D eigenvalue weighted by molar-refractivity contribution is 7.71. The van der Waals surface area contributed by atoms with Crippen LogP contribution >= 0.6 is 12.2 Å². The second-order valence-electron chi connectivity index (χ2n) is 4.78. The van der Waals surface area contributed by atoms with E-state index in [-0.39, 0.29) is 17.9 Å². The van der Waals surface area contributed by atoms with E-state index in [2.05, 4.69) is 0 Å². The van der Waals surface area contributed by atoms with E-state index in [1.165, 1.54) is 0 Å². The number of benzene rings is 1. The number of hydrogen-bond acceptors (Lipinski definition) is 5. The molecule has 0 saturated carbocycles. The number of nitrogens with zero attached hydrogens (tertiary/aromatic N) is 1. The Hall–Kier alpha value is -1.50. The van der Waals surface area contributed by atoms with E-state index in [9.17, 15) is 4.79 Å². The molecule has 19 heavy (non-hydrogen) atoms. The van der Waals surface area contributed by atoms with Crippen LogP contribution in [0.2, 0.25) is 0 Å². The minimum atomic E-state index is -0.686. The lowest BCUT2D eigenvalue weighted by atomic mass is 10.0. The molecule has 2 bridgehead atoms. The molecule has 1 aromatic carbocycles. The largest absolute Gasteiger partial charge is 0.429 e. The van der Waals surface area contributed by atoms with Gasteiger partial charge in [-0.25, -0.2) is 0 Å². The number of ketones is 1. The highest BCUT2D eigenvalue weighted by Gasteiger charge is 2.44. The number of aromatic nitrogens is 1. The molecule has 2 saturated heterocycles. The first-order valence-corrected chi connectivity index (χ1v) is 6.55. The Labute approximate surface area is 113 Å². The number of rotatable bonds is 1. The number of fused-ring (bicyclic) bond motifs is 3. The topological polar surface area (TPSA) is 53.6 Å². The third-order valence-corrected chi connectivity index (χ3v) is 3.94. The molecule has 5 nitrogen and oxygen atoms in total. The smallest absolute Gasteiger partial charge is 0.269 e. The summed E-state index contributed by atoms with van der Waals surface area (Å²) in [6, 6.07) is 7.45. The standard InChI is InChI=1S/C13H11NO4S/c15-9-5-8(11-6-16-12(9)17-11)14-7-3-1-2-4-10(7)18-13(14)19/h1-4,8,11-12H,5-6H2/t8-,11+,12+/m0/s1. The summed E-state index contributed by atoms with van der Waals surface area (Å²) >= 11 is 5.28. The Balaban J connectivity index is 1.88. The lowest BCUT2D eigenvalue weighted by Gasteiger charge is -2.27. The third-order valence-electron chi connectivity index (χ3n) is 3.66. The maximum absolute atomic E-state index is 11.9. The van der Waals surface area contributed by atoms with E-state index in [1.54, 1.807) is 0 Å². The van der Waals surface area contributed by atoms with Crippen LogP contribution in [0.15, 0.2) is 28.7 Å². The second-order valence-corrected chi connectivity index (χ2v) is 5.13. The van der Waals surface area contributed by atoms with Gasteiger partial charge in [0.2, 0.25) is 6.29 Å². The summed E-state index contributed by atoms with van der Waals surface area (Å²) in [6.07, 6.45) is -0.461. The predicted molar refractivity (Wildman–Crippen MR) is 68.3 cm³/mol. The van der Waals surface area contributed by atoms with Gasteiger partial charge in [0.05, 0.1) is 18.2 Å². The molecule has 98 valence electrons. The number of oxazole rings is 1. The molecule has 3 atom stereocenters. The summed E-state index contributed by atoms with van der Waals surface area (Å²) in [7, 11) is 0. The molecule has 0 N–H and O–H groups in total. The van der Waals surface area contributed by atoms with Gasteiger partial charge >= 0.3 is 0 Å². The normalized spacial score (nSPS) is 30.1. The van der Waals surface area contributed by atoms with Crippen molar-refractivity contribution in [2.75, 3.05) is 6.61 Å². The van der Waals surface area contributed by atoms with Crippen LogP contribution < -0.4 is 0 Å². The summed E-state index contributed by atoms with van der Waals surface area (Å²) in [5, 5.41) is 0. The van der Waals surface area contributed by atoms with Gasteiger partial charge in [-0.15, -0.1) is 0 Å². The van der Waals surface area contributed by atoms with Crippen molar-refractivity contribution in [1.82, 2.24) is 4.57 Å². The van der Waals surface area contributed by atoms with Crippen LogP contribution in [0.4, 0.5) is 0 Å². The first kappa shape index (κ1) is 11.3. The van der Waals surface area contributed by atoms with E-state index in [1.807, 2.05) is 28.8 Å². The first-order chi connectivity index (χ1) is 9.24. The molecule has 3 heterocycles. The maximum Gasteiger partial charge on any atom is 0.269 e. The van der Waals surface area contributed by atoms with Gasteiger partial charge in [-0.1, -0.05) is 12.1 Å². The fourth-order valence-electron chi connectivity index (χ4n) is 2.78. The molecule has 0 aliphatic carbocycles. The fraction of sp³-hybridized carbons (Fsp3) is 0.385. The van der Waals surface area contributed by atoms with Gasteiger partial charge in [0.25, 0.3) is 4.84 Å². The molecule has 0 radical (unpaired) electrons. The summed E-state index contributed by atoms with van der Waals surface area (Å²) < 4.78 is 18.3. The number of Topliss-reactive ketones (excluding diaryl/α,β-unsaturated/α-hetero) is 1. The number of carbonyl (C=O) groups is 1. The average molecular weight is 277 g/mol. The third kappa shape index (κ3) is 1.60. The number of para-hydroxylation sites is 2. The minimum Gasteiger partial charge on any atom is -0.429 e. The van der Waals surface area contributed by atoms with Crippen LogP contribution in [0, 0.1) is 4.84 Å². The molecule has 2 fully saturated rings. The van der Waals surface area contributed by atoms with Gasteiger partial charge in [0, 0.05) is 6.42 Å². The highest BCUT2D eigenvalue weighted by Crippen LogP contribution is 2.35. The van der Waals surface area contributed by atoms with Crippen LogP contribution in [0.5, 0.6) is 0 Å². The first-order valence-electron chi connectivity index (χ1n) is 6.14. The Morgan fingerprint density at radius 1 is 1.32 bits per heavy atom. The van der Waals surface area contributed by atoms with E-state index in [0.29, 0.717) is 17.9 Å². The van der Waals surface area contributed by atoms with Crippen molar-refractivity contribution >= 4 is 29.1 Å². The van der Waals surface area contributed by atoms with E-state index in [0.717, 1.165) is 11.1 Å². The van der Waals surface area contributed by atoms with Crippen LogP contribution in [0.1, 0.15) is 12.5 Å². The monoisotopic (exact) mass is 277 g/mol. The Morgan fingerprint density at radius 2 is 2.16 bits per heavy atom. The summed E-state index contributed by atoms with van der Waals surface area (Å²) in [6.45, 7) is 0.419. The zero-order valence-corrected chi connectivity index (χ0v) is 10.8. The Bertz CT molecular complexity index is 719. The maximum atomic E-state index is 11.9. The van der Waals surface area contributed by atoms with Crippen molar-refractivity contribution in [3.05, 3.63) is 29.1 Å². The minimum absolute atomic E-state index is 0.0362. The SMILES string of the molecule is O=C1C[C@H](n2c(=S)oc3ccccc32)[C@H]2CO[C@@H]1O2. The van der Waals surface area contributed by atoms with E-state index in [4.69, 9.17) is 26.1 Å². The van der Waals surface area contributed by atoms with Crippen molar-refractivity contribution in [3.8, 4) is 0 Å². The number of ether oxygens (including phenoxy) is 2. The fourth-order valence-corrected chi connectivity index (χ4v) is 3.10. The van der Waals surface area contributed by atoms with Crippen molar-refractivity contribution in [1.29, 1.82) is 0 Å². The summed E-state index contributed by atoms with van der Waals surface area (Å²) in [4.78, 5) is 12.2.